The monoisotopic (exact) mass is 358 g/mol. The molecule has 0 bridgehead atoms. The van der Waals surface area contributed by atoms with Gasteiger partial charge in [0.05, 0.1) is 25.9 Å². The minimum absolute atomic E-state index is 0.157. The molecule has 0 spiro atoms. The van der Waals surface area contributed by atoms with E-state index in [1.54, 1.807) is 14.2 Å². The molecule has 1 fully saturated rings. The van der Waals surface area contributed by atoms with Gasteiger partial charge in [0.15, 0.2) is 0 Å². The van der Waals surface area contributed by atoms with Gasteiger partial charge < -0.3 is 14.2 Å². The summed E-state index contributed by atoms with van der Waals surface area (Å²) in [5.74, 6) is 7.27. The highest BCUT2D eigenvalue weighted by Gasteiger charge is 2.39. The average molecular weight is 359 g/mol. The molecule has 6 heteroatoms. The normalized spacial score (nSPS) is 23.7. The first-order valence-electron chi connectivity index (χ1n) is 7.08. The third-order valence-corrected chi connectivity index (χ3v) is 4.85. The second-order valence-electron chi connectivity index (χ2n) is 5.42. The number of hydrazine groups is 1. The van der Waals surface area contributed by atoms with E-state index >= 15 is 0 Å². The predicted octanol–water partition coefficient (Wildman–Crippen LogP) is 2.93. The van der Waals surface area contributed by atoms with Crippen LogP contribution in [0, 0.1) is 0 Å². The Bertz CT molecular complexity index is 490. The van der Waals surface area contributed by atoms with E-state index in [0.717, 1.165) is 41.7 Å². The molecule has 1 aromatic carbocycles. The van der Waals surface area contributed by atoms with Crippen LogP contribution >= 0.6 is 15.9 Å². The van der Waals surface area contributed by atoms with E-state index in [1.807, 2.05) is 12.1 Å². The topological polar surface area (TPSA) is 65.7 Å². The number of benzene rings is 1. The third-order valence-electron chi connectivity index (χ3n) is 4.10. The first-order valence-corrected chi connectivity index (χ1v) is 7.87. The molecule has 2 unspecified atom stereocenters. The lowest BCUT2D eigenvalue weighted by Crippen LogP contribution is -2.48. The van der Waals surface area contributed by atoms with Crippen molar-refractivity contribution in [2.75, 3.05) is 20.8 Å². The van der Waals surface area contributed by atoms with Crippen LogP contribution in [0.4, 0.5) is 0 Å². The number of rotatable bonds is 5. The van der Waals surface area contributed by atoms with Gasteiger partial charge in [-0.15, -0.1) is 0 Å². The van der Waals surface area contributed by atoms with Crippen LogP contribution in [0.3, 0.4) is 0 Å². The summed E-state index contributed by atoms with van der Waals surface area (Å²) in [4.78, 5) is 0. The molecule has 2 atom stereocenters. The number of nitrogens with one attached hydrogen (secondary N) is 1. The molecule has 21 heavy (non-hydrogen) atoms. The van der Waals surface area contributed by atoms with Crippen LogP contribution in [0.1, 0.15) is 37.8 Å². The Kier molecular flexibility index (Phi) is 5.48. The van der Waals surface area contributed by atoms with E-state index in [0.29, 0.717) is 5.75 Å². The zero-order valence-corrected chi connectivity index (χ0v) is 14.3. The molecular formula is C15H23BrN2O3. The fraction of sp³-hybridized carbons (Fsp3) is 0.600. The van der Waals surface area contributed by atoms with Gasteiger partial charge in [-0.1, -0.05) is 0 Å². The number of methoxy groups -OCH3 is 2. The first kappa shape index (κ1) is 16.5. The molecule has 1 heterocycles. The second kappa shape index (κ2) is 6.96. The smallest absolute Gasteiger partial charge is 0.141 e. The first-order chi connectivity index (χ1) is 10.1. The molecule has 5 nitrogen and oxygen atoms in total. The molecule has 0 amide bonds. The van der Waals surface area contributed by atoms with Crippen LogP contribution in [0.25, 0.3) is 0 Å². The minimum Gasteiger partial charge on any atom is -0.495 e. The molecular weight excluding hydrogens is 336 g/mol. The maximum atomic E-state index is 6.02. The van der Waals surface area contributed by atoms with Gasteiger partial charge >= 0.3 is 0 Å². The van der Waals surface area contributed by atoms with E-state index in [1.165, 1.54) is 0 Å². The van der Waals surface area contributed by atoms with E-state index in [9.17, 15) is 0 Å². The fourth-order valence-corrected chi connectivity index (χ4v) is 3.61. The Hall–Kier alpha value is -0.820. The lowest BCUT2D eigenvalue weighted by molar-refractivity contribution is -0.0902. The van der Waals surface area contributed by atoms with Crippen molar-refractivity contribution in [1.29, 1.82) is 0 Å². The van der Waals surface area contributed by atoms with Crippen LogP contribution < -0.4 is 20.7 Å². The molecule has 3 N–H and O–H groups in total. The summed E-state index contributed by atoms with van der Waals surface area (Å²) in [6.07, 6.45) is 3.18. The van der Waals surface area contributed by atoms with Crippen LogP contribution in [0.5, 0.6) is 11.5 Å². The van der Waals surface area contributed by atoms with Crippen LogP contribution in [-0.2, 0) is 4.74 Å². The van der Waals surface area contributed by atoms with Gasteiger partial charge in [-0.05, 0) is 54.2 Å². The van der Waals surface area contributed by atoms with Crippen molar-refractivity contribution in [3.8, 4) is 11.5 Å². The molecule has 1 aliphatic rings. The van der Waals surface area contributed by atoms with Gasteiger partial charge in [0.25, 0.3) is 0 Å². The van der Waals surface area contributed by atoms with Crippen molar-refractivity contribution in [1.82, 2.24) is 5.43 Å². The number of ether oxygens (including phenoxy) is 3. The van der Waals surface area contributed by atoms with Crippen LogP contribution in [0.2, 0.25) is 0 Å². The third kappa shape index (κ3) is 3.18. The molecule has 0 radical (unpaired) electrons. The maximum absolute atomic E-state index is 6.02. The van der Waals surface area contributed by atoms with Gasteiger partial charge in [-0.2, -0.15) is 0 Å². The summed E-state index contributed by atoms with van der Waals surface area (Å²) >= 11 is 3.53. The Balaban J connectivity index is 2.44. The predicted molar refractivity (Wildman–Crippen MR) is 85.5 cm³/mol. The van der Waals surface area contributed by atoms with E-state index in [-0.39, 0.29) is 11.6 Å². The van der Waals surface area contributed by atoms with Gasteiger partial charge in [0, 0.05) is 12.2 Å². The maximum Gasteiger partial charge on any atom is 0.141 e. The number of nitrogens with two attached hydrogens (primary N) is 1. The number of hydrogen-bond acceptors (Lipinski definition) is 5. The Morgan fingerprint density at radius 3 is 2.62 bits per heavy atom. The molecule has 1 aliphatic heterocycles. The summed E-state index contributed by atoms with van der Waals surface area (Å²) < 4.78 is 17.7. The van der Waals surface area contributed by atoms with Crippen molar-refractivity contribution in [2.24, 2.45) is 5.84 Å². The molecule has 1 saturated heterocycles. The van der Waals surface area contributed by atoms with Crippen molar-refractivity contribution in [3.63, 3.8) is 0 Å². The largest absolute Gasteiger partial charge is 0.495 e. The molecule has 1 aromatic rings. The number of halogens is 1. The highest BCUT2D eigenvalue weighted by Crippen LogP contribution is 2.44. The molecule has 0 saturated carbocycles. The highest BCUT2D eigenvalue weighted by molar-refractivity contribution is 9.10. The lowest BCUT2D eigenvalue weighted by Gasteiger charge is -2.41. The molecule has 0 aliphatic carbocycles. The lowest BCUT2D eigenvalue weighted by atomic mass is 9.84. The van der Waals surface area contributed by atoms with Gasteiger partial charge in [-0.25, -0.2) is 5.43 Å². The summed E-state index contributed by atoms with van der Waals surface area (Å²) in [5, 5.41) is 0. The van der Waals surface area contributed by atoms with Crippen LogP contribution in [-0.4, -0.2) is 26.4 Å². The van der Waals surface area contributed by atoms with Gasteiger partial charge in [0.1, 0.15) is 16.0 Å². The Morgan fingerprint density at radius 2 is 2.10 bits per heavy atom. The average Bonchev–Trinajstić information content (AvgIpc) is 2.49. The van der Waals surface area contributed by atoms with E-state index in [2.05, 4.69) is 28.3 Å². The van der Waals surface area contributed by atoms with Crippen molar-refractivity contribution in [2.45, 2.75) is 37.8 Å². The highest BCUT2D eigenvalue weighted by atomic mass is 79.9. The summed E-state index contributed by atoms with van der Waals surface area (Å²) in [7, 11) is 3.27. The Labute approximate surface area is 134 Å². The summed E-state index contributed by atoms with van der Waals surface area (Å²) in [6, 6.07) is 3.71. The second-order valence-corrected chi connectivity index (χ2v) is 6.22. The zero-order valence-electron chi connectivity index (χ0n) is 12.7. The van der Waals surface area contributed by atoms with Crippen molar-refractivity contribution in [3.05, 3.63) is 22.2 Å². The van der Waals surface area contributed by atoms with Crippen LogP contribution in [0.15, 0.2) is 16.6 Å². The minimum atomic E-state index is -0.353. The van der Waals surface area contributed by atoms with Gasteiger partial charge in [-0.3, -0.25) is 5.84 Å². The van der Waals surface area contributed by atoms with E-state index in [4.69, 9.17) is 20.1 Å². The fourth-order valence-electron chi connectivity index (χ4n) is 2.92. The quantitative estimate of drug-likeness (QED) is 0.625. The van der Waals surface area contributed by atoms with E-state index < -0.39 is 0 Å². The van der Waals surface area contributed by atoms with Crippen molar-refractivity contribution < 1.29 is 14.2 Å². The SMILES string of the molecule is COc1ccc(C(NN)C2(C)CCCCO2)c(OC)c1Br. The number of hydrogen-bond donors (Lipinski definition) is 2. The summed E-state index contributed by atoms with van der Waals surface area (Å²) in [5.41, 5.74) is 3.50. The summed E-state index contributed by atoms with van der Waals surface area (Å²) in [6.45, 7) is 2.85. The standard InChI is InChI=1S/C15H23BrN2O3/c1-15(8-4-5-9-21-15)14(18-17)10-6-7-11(19-2)12(16)13(10)20-3/h6-7,14,18H,4-5,8-9,17H2,1-3H3. The van der Waals surface area contributed by atoms with Crippen molar-refractivity contribution >= 4 is 15.9 Å². The molecule has 118 valence electrons. The molecule has 0 aromatic heterocycles. The molecule has 2 rings (SSSR count). The Morgan fingerprint density at radius 1 is 1.33 bits per heavy atom. The van der Waals surface area contributed by atoms with Gasteiger partial charge in [0.2, 0.25) is 0 Å². The zero-order chi connectivity index (χ0) is 15.5.